The first-order valence-corrected chi connectivity index (χ1v) is 6.79. The molecule has 2 heterocycles. The third-order valence-corrected chi connectivity index (χ3v) is 3.73. The highest BCUT2D eigenvalue weighted by Crippen LogP contribution is 2.24. The second kappa shape index (κ2) is 5.71. The molecule has 102 valence electrons. The second-order valence-electron chi connectivity index (χ2n) is 5.19. The number of likely N-dealkylation sites (N-methyl/N-ethyl adjacent to an activating group) is 1. The number of rotatable bonds is 3. The lowest BCUT2D eigenvalue weighted by Gasteiger charge is -2.24. The summed E-state index contributed by atoms with van der Waals surface area (Å²) in [6.45, 7) is 7.26. The molecule has 1 aliphatic heterocycles. The lowest BCUT2D eigenvalue weighted by atomic mass is 10.1. The Balaban J connectivity index is 2.25. The van der Waals surface area contributed by atoms with E-state index in [1.165, 1.54) is 24.3 Å². The number of nitrogens with two attached hydrogens (primary N) is 1. The Hall–Kier alpha value is -1.07. The molecule has 2 rings (SSSR count). The summed E-state index contributed by atoms with van der Waals surface area (Å²) in [5.74, 6) is 1.27. The van der Waals surface area contributed by atoms with Crippen molar-refractivity contribution in [3.8, 4) is 0 Å². The summed E-state index contributed by atoms with van der Waals surface area (Å²) >= 11 is 0. The largest absolute Gasteiger partial charge is 0.355 e. The maximum absolute atomic E-state index is 5.73. The van der Waals surface area contributed by atoms with E-state index in [0.717, 1.165) is 31.7 Å². The van der Waals surface area contributed by atoms with Gasteiger partial charge in [0.15, 0.2) is 0 Å². The molecule has 0 atom stereocenters. The van der Waals surface area contributed by atoms with Crippen LogP contribution in [0.5, 0.6) is 0 Å². The highest BCUT2D eigenvalue weighted by atomic mass is 15.4. The highest BCUT2D eigenvalue weighted by molar-refractivity contribution is 5.50. The van der Waals surface area contributed by atoms with Crippen LogP contribution in [-0.2, 0) is 13.5 Å². The van der Waals surface area contributed by atoms with E-state index >= 15 is 0 Å². The van der Waals surface area contributed by atoms with E-state index in [0.29, 0.717) is 6.54 Å². The average Bonchev–Trinajstić information content (AvgIpc) is 2.51. The van der Waals surface area contributed by atoms with Crippen molar-refractivity contribution in [1.82, 2.24) is 14.7 Å². The van der Waals surface area contributed by atoms with Gasteiger partial charge in [0.25, 0.3) is 0 Å². The zero-order valence-corrected chi connectivity index (χ0v) is 11.8. The number of hydrogen-bond acceptors (Lipinski definition) is 4. The smallest absolute Gasteiger partial charge is 0.130 e. The van der Waals surface area contributed by atoms with Gasteiger partial charge in [0.1, 0.15) is 5.82 Å². The number of anilines is 1. The summed E-state index contributed by atoms with van der Waals surface area (Å²) in [5.41, 5.74) is 8.17. The van der Waals surface area contributed by atoms with Gasteiger partial charge in [-0.2, -0.15) is 5.10 Å². The summed E-state index contributed by atoms with van der Waals surface area (Å²) in [7, 11) is 4.23. The lowest BCUT2D eigenvalue weighted by molar-refractivity contribution is 0.360. The van der Waals surface area contributed by atoms with E-state index in [4.69, 9.17) is 5.73 Å². The van der Waals surface area contributed by atoms with Crippen LogP contribution in [0.1, 0.15) is 17.7 Å². The number of hydrogen-bond donors (Lipinski definition) is 1. The first-order chi connectivity index (χ1) is 8.63. The maximum Gasteiger partial charge on any atom is 0.130 e. The molecular weight excluding hydrogens is 226 g/mol. The van der Waals surface area contributed by atoms with Gasteiger partial charge in [-0.05, 0) is 39.9 Å². The topological polar surface area (TPSA) is 50.3 Å². The molecule has 5 heteroatoms. The molecule has 0 unspecified atom stereocenters. The zero-order valence-electron chi connectivity index (χ0n) is 11.8. The SMILES string of the molecule is Cc1nn(C)c(N2CCCN(C)CC2)c1CCN. The van der Waals surface area contributed by atoms with Gasteiger partial charge in [0, 0.05) is 32.2 Å². The van der Waals surface area contributed by atoms with Crippen molar-refractivity contribution in [2.24, 2.45) is 12.8 Å². The van der Waals surface area contributed by atoms with Gasteiger partial charge < -0.3 is 15.5 Å². The Morgan fingerprint density at radius 2 is 1.94 bits per heavy atom. The molecule has 0 aromatic carbocycles. The molecule has 1 aromatic rings. The van der Waals surface area contributed by atoms with Crippen LogP contribution in [0.2, 0.25) is 0 Å². The molecule has 0 bridgehead atoms. The van der Waals surface area contributed by atoms with E-state index in [9.17, 15) is 0 Å². The molecule has 0 saturated carbocycles. The molecule has 0 aliphatic carbocycles. The zero-order chi connectivity index (χ0) is 13.1. The Morgan fingerprint density at radius 1 is 1.17 bits per heavy atom. The fourth-order valence-electron chi connectivity index (χ4n) is 2.78. The fourth-order valence-corrected chi connectivity index (χ4v) is 2.78. The van der Waals surface area contributed by atoms with Crippen LogP contribution in [0.15, 0.2) is 0 Å². The summed E-state index contributed by atoms with van der Waals surface area (Å²) in [6.07, 6.45) is 2.13. The minimum Gasteiger partial charge on any atom is -0.355 e. The van der Waals surface area contributed by atoms with Gasteiger partial charge in [0.05, 0.1) is 5.69 Å². The van der Waals surface area contributed by atoms with Crippen LogP contribution in [0.4, 0.5) is 5.82 Å². The van der Waals surface area contributed by atoms with Crippen LogP contribution in [0.25, 0.3) is 0 Å². The minimum absolute atomic E-state index is 0.688. The number of aromatic nitrogens is 2. The first kappa shape index (κ1) is 13.4. The Labute approximate surface area is 110 Å². The average molecular weight is 251 g/mol. The molecule has 0 amide bonds. The van der Waals surface area contributed by atoms with E-state index in [1.54, 1.807) is 0 Å². The molecule has 5 nitrogen and oxygen atoms in total. The molecule has 0 radical (unpaired) electrons. The van der Waals surface area contributed by atoms with Crippen molar-refractivity contribution >= 4 is 5.82 Å². The molecular formula is C13H25N5. The normalized spacial score (nSPS) is 18.1. The Kier molecular flexibility index (Phi) is 4.24. The van der Waals surface area contributed by atoms with Crippen LogP contribution >= 0.6 is 0 Å². The third kappa shape index (κ3) is 2.67. The summed E-state index contributed by atoms with van der Waals surface area (Å²) in [6, 6.07) is 0. The molecule has 1 fully saturated rings. The van der Waals surface area contributed by atoms with E-state index < -0.39 is 0 Å². The maximum atomic E-state index is 5.73. The van der Waals surface area contributed by atoms with Gasteiger partial charge in [0.2, 0.25) is 0 Å². The van der Waals surface area contributed by atoms with Crippen molar-refractivity contribution in [1.29, 1.82) is 0 Å². The molecule has 0 spiro atoms. The van der Waals surface area contributed by atoms with Gasteiger partial charge in [-0.25, -0.2) is 0 Å². The van der Waals surface area contributed by atoms with Gasteiger partial charge in [-0.15, -0.1) is 0 Å². The summed E-state index contributed by atoms with van der Waals surface area (Å²) < 4.78 is 2.02. The number of nitrogens with zero attached hydrogens (tertiary/aromatic N) is 4. The van der Waals surface area contributed by atoms with E-state index in [-0.39, 0.29) is 0 Å². The monoisotopic (exact) mass is 251 g/mol. The third-order valence-electron chi connectivity index (χ3n) is 3.73. The molecule has 1 saturated heterocycles. The van der Waals surface area contributed by atoms with Crippen LogP contribution in [-0.4, -0.2) is 54.5 Å². The van der Waals surface area contributed by atoms with Crippen molar-refractivity contribution in [2.75, 3.05) is 44.7 Å². The predicted octanol–water partition coefficient (Wildman–Crippen LogP) is 0.372. The fraction of sp³-hybridized carbons (Fsp3) is 0.769. The van der Waals surface area contributed by atoms with Gasteiger partial charge in [-0.3, -0.25) is 4.68 Å². The van der Waals surface area contributed by atoms with Gasteiger partial charge in [-0.1, -0.05) is 0 Å². The van der Waals surface area contributed by atoms with Crippen molar-refractivity contribution in [3.63, 3.8) is 0 Å². The van der Waals surface area contributed by atoms with Crippen molar-refractivity contribution in [2.45, 2.75) is 19.8 Å². The summed E-state index contributed by atoms with van der Waals surface area (Å²) in [4.78, 5) is 4.86. The van der Waals surface area contributed by atoms with E-state index in [1.807, 2.05) is 11.7 Å². The minimum atomic E-state index is 0.688. The molecule has 18 heavy (non-hydrogen) atoms. The van der Waals surface area contributed by atoms with Crippen LogP contribution in [0, 0.1) is 6.92 Å². The Bertz CT molecular complexity index is 398. The standard InChI is InChI=1S/C13H25N5/c1-11-12(5-6-14)13(17(3)15-11)18-8-4-7-16(2)9-10-18/h4-10,14H2,1-3H3. The molecule has 1 aromatic heterocycles. The molecule has 2 N–H and O–H groups in total. The molecule has 1 aliphatic rings. The van der Waals surface area contributed by atoms with Gasteiger partial charge >= 0.3 is 0 Å². The van der Waals surface area contributed by atoms with Crippen LogP contribution < -0.4 is 10.6 Å². The lowest BCUT2D eigenvalue weighted by Crippen LogP contribution is -2.31. The predicted molar refractivity (Wildman–Crippen MR) is 75.0 cm³/mol. The highest BCUT2D eigenvalue weighted by Gasteiger charge is 2.20. The quantitative estimate of drug-likeness (QED) is 0.843. The first-order valence-electron chi connectivity index (χ1n) is 6.79. The van der Waals surface area contributed by atoms with Crippen LogP contribution in [0.3, 0.4) is 0 Å². The Morgan fingerprint density at radius 3 is 2.67 bits per heavy atom. The van der Waals surface area contributed by atoms with Crippen molar-refractivity contribution in [3.05, 3.63) is 11.3 Å². The summed E-state index contributed by atoms with van der Waals surface area (Å²) in [5, 5.41) is 4.56. The van der Waals surface area contributed by atoms with E-state index in [2.05, 4.69) is 28.9 Å². The second-order valence-corrected chi connectivity index (χ2v) is 5.19. The number of aryl methyl sites for hydroxylation is 2. The van der Waals surface area contributed by atoms with Crippen molar-refractivity contribution < 1.29 is 0 Å².